The Morgan fingerprint density at radius 1 is 1.22 bits per heavy atom. The predicted molar refractivity (Wildman–Crippen MR) is 98.1 cm³/mol. The highest BCUT2D eigenvalue weighted by atomic mass is 32.2. The van der Waals surface area contributed by atoms with Gasteiger partial charge in [-0.1, -0.05) is 48.2 Å². The van der Waals surface area contributed by atoms with E-state index in [-0.39, 0.29) is 11.9 Å². The lowest BCUT2D eigenvalue weighted by Crippen LogP contribution is -2.28. The first kappa shape index (κ1) is 16.0. The Hall–Kier alpha value is -1.85. The van der Waals surface area contributed by atoms with Gasteiger partial charge in [-0.25, -0.2) is 4.98 Å². The van der Waals surface area contributed by atoms with Crippen LogP contribution in [-0.4, -0.2) is 16.6 Å². The molecule has 3 nitrogen and oxygen atoms in total. The summed E-state index contributed by atoms with van der Waals surface area (Å²) in [6, 6.07) is 16.2. The van der Waals surface area contributed by atoms with Crippen molar-refractivity contribution in [2.75, 3.05) is 5.75 Å². The fourth-order valence-electron chi connectivity index (χ4n) is 2.47. The van der Waals surface area contributed by atoms with Crippen molar-refractivity contribution in [1.82, 2.24) is 10.3 Å². The Bertz CT molecular complexity index is 796. The number of rotatable bonds is 5. The van der Waals surface area contributed by atoms with Crippen LogP contribution in [0, 0.1) is 6.92 Å². The molecule has 1 N–H and O–H groups in total. The van der Waals surface area contributed by atoms with Crippen molar-refractivity contribution in [3.8, 4) is 0 Å². The van der Waals surface area contributed by atoms with Crippen LogP contribution >= 0.6 is 23.1 Å². The number of carbonyl (C=O) groups excluding carboxylic acids is 1. The predicted octanol–water partition coefficient (Wildman–Crippen LogP) is 4.57. The summed E-state index contributed by atoms with van der Waals surface area (Å²) >= 11 is 3.12. The molecule has 23 heavy (non-hydrogen) atoms. The number of nitrogens with one attached hydrogen (secondary N) is 1. The number of aryl methyl sites for hydroxylation is 1. The molecule has 5 heteroatoms. The number of hydrogen-bond acceptors (Lipinski definition) is 4. The van der Waals surface area contributed by atoms with E-state index in [1.807, 2.05) is 37.3 Å². The van der Waals surface area contributed by atoms with Crippen molar-refractivity contribution in [3.63, 3.8) is 0 Å². The van der Waals surface area contributed by atoms with Crippen LogP contribution in [0.4, 0.5) is 0 Å². The molecule has 1 amide bonds. The zero-order valence-corrected chi connectivity index (χ0v) is 14.7. The largest absolute Gasteiger partial charge is 0.349 e. The molecule has 3 aromatic rings. The van der Waals surface area contributed by atoms with E-state index in [4.69, 9.17) is 0 Å². The summed E-state index contributed by atoms with van der Waals surface area (Å²) in [5.41, 5.74) is 3.35. The van der Waals surface area contributed by atoms with E-state index in [2.05, 4.69) is 35.4 Å². The highest BCUT2D eigenvalue weighted by Gasteiger charge is 2.12. The second kappa shape index (κ2) is 7.15. The molecule has 0 aliphatic rings. The first-order valence-corrected chi connectivity index (χ1v) is 9.27. The van der Waals surface area contributed by atoms with E-state index in [1.165, 1.54) is 17.3 Å². The van der Waals surface area contributed by atoms with Gasteiger partial charge in [0.1, 0.15) is 0 Å². The summed E-state index contributed by atoms with van der Waals surface area (Å²) in [7, 11) is 0. The lowest BCUT2D eigenvalue weighted by Gasteiger charge is -2.16. The lowest BCUT2D eigenvalue weighted by atomic mass is 10.0. The molecular weight excluding hydrogens is 324 g/mol. The third-order valence-electron chi connectivity index (χ3n) is 3.63. The highest BCUT2D eigenvalue weighted by Crippen LogP contribution is 2.29. The Labute approximate surface area is 144 Å². The number of fused-ring (bicyclic) bond motifs is 1. The zero-order valence-electron chi connectivity index (χ0n) is 13.1. The molecule has 0 saturated heterocycles. The summed E-state index contributed by atoms with van der Waals surface area (Å²) in [5, 5.41) is 3.06. The summed E-state index contributed by atoms with van der Waals surface area (Å²) in [6.07, 6.45) is 0. The molecule has 0 saturated carbocycles. The molecule has 0 radical (unpaired) electrons. The Kier molecular flexibility index (Phi) is 4.98. The standard InChI is InChI=1S/C18H18N2OS2/c1-12-7-3-4-8-14(12)13(2)19-17(21)11-22-18-20-15-9-5-6-10-16(15)23-18/h3-10,13H,11H2,1-2H3,(H,19,21). The Balaban J connectivity index is 1.58. The van der Waals surface area contributed by atoms with Crippen molar-refractivity contribution in [2.24, 2.45) is 0 Å². The number of carbonyl (C=O) groups is 1. The summed E-state index contributed by atoms with van der Waals surface area (Å²) < 4.78 is 2.09. The lowest BCUT2D eigenvalue weighted by molar-refractivity contribution is -0.119. The minimum Gasteiger partial charge on any atom is -0.349 e. The van der Waals surface area contributed by atoms with Crippen LogP contribution in [0.3, 0.4) is 0 Å². The fraction of sp³-hybridized carbons (Fsp3) is 0.222. The average Bonchev–Trinajstić information content (AvgIpc) is 2.96. The number of benzene rings is 2. The van der Waals surface area contributed by atoms with Crippen LogP contribution in [0.5, 0.6) is 0 Å². The molecule has 0 spiro atoms. The van der Waals surface area contributed by atoms with Crippen LogP contribution in [0.25, 0.3) is 10.2 Å². The topological polar surface area (TPSA) is 42.0 Å². The van der Waals surface area contributed by atoms with Crippen LogP contribution in [-0.2, 0) is 4.79 Å². The number of hydrogen-bond donors (Lipinski definition) is 1. The van der Waals surface area contributed by atoms with Crippen LogP contribution in [0.15, 0.2) is 52.9 Å². The maximum Gasteiger partial charge on any atom is 0.230 e. The van der Waals surface area contributed by atoms with Crippen molar-refractivity contribution in [2.45, 2.75) is 24.2 Å². The molecule has 0 aliphatic carbocycles. The molecule has 1 aromatic heterocycles. The Morgan fingerprint density at radius 2 is 1.96 bits per heavy atom. The smallest absolute Gasteiger partial charge is 0.230 e. The SMILES string of the molecule is Cc1ccccc1C(C)NC(=O)CSc1nc2ccccc2s1. The minimum absolute atomic E-state index is 0.0136. The van der Waals surface area contributed by atoms with Gasteiger partial charge < -0.3 is 5.32 Å². The second-order valence-electron chi connectivity index (χ2n) is 5.38. The van der Waals surface area contributed by atoms with E-state index >= 15 is 0 Å². The van der Waals surface area contributed by atoms with Gasteiger partial charge in [-0.05, 0) is 37.1 Å². The van der Waals surface area contributed by atoms with Gasteiger partial charge in [0.2, 0.25) is 5.91 Å². The average molecular weight is 342 g/mol. The number of thioether (sulfide) groups is 1. The molecule has 1 atom stereocenters. The van der Waals surface area contributed by atoms with Crippen molar-refractivity contribution in [3.05, 3.63) is 59.7 Å². The summed E-state index contributed by atoms with van der Waals surface area (Å²) in [4.78, 5) is 16.7. The summed E-state index contributed by atoms with van der Waals surface area (Å²) in [6.45, 7) is 4.08. The van der Waals surface area contributed by atoms with Gasteiger partial charge in [0, 0.05) is 0 Å². The fourth-order valence-corrected chi connectivity index (χ4v) is 4.35. The van der Waals surface area contributed by atoms with Gasteiger partial charge in [-0.15, -0.1) is 11.3 Å². The quantitative estimate of drug-likeness (QED) is 0.690. The van der Waals surface area contributed by atoms with Crippen LogP contribution in [0.1, 0.15) is 24.1 Å². The molecule has 1 unspecified atom stereocenters. The zero-order chi connectivity index (χ0) is 16.2. The maximum atomic E-state index is 12.2. The maximum absolute atomic E-state index is 12.2. The van der Waals surface area contributed by atoms with Gasteiger partial charge in [0.25, 0.3) is 0 Å². The molecular formula is C18H18N2OS2. The normalized spacial score (nSPS) is 12.3. The van der Waals surface area contributed by atoms with E-state index < -0.39 is 0 Å². The van der Waals surface area contributed by atoms with Gasteiger partial charge in [-0.3, -0.25) is 4.79 Å². The Morgan fingerprint density at radius 3 is 2.74 bits per heavy atom. The van der Waals surface area contributed by atoms with E-state index in [9.17, 15) is 4.79 Å². The van der Waals surface area contributed by atoms with Crippen molar-refractivity contribution in [1.29, 1.82) is 0 Å². The van der Waals surface area contributed by atoms with Crippen LogP contribution < -0.4 is 5.32 Å². The van der Waals surface area contributed by atoms with Crippen molar-refractivity contribution >= 4 is 39.2 Å². The number of para-hydroxylation sites is 1. The van der Waals surface area contributed by atoms with Gasteiger partial charge in [0.05, 0.1) is 22.0 Å². The van der Waals surface area contributed by atoms with E-state index in [0.29, 0.717) is 5.75 Å². The number of aromatic nitrogens is 1. The molecule has 0 fully saturated rings. The number of amides is 1. The van der Waals surface area contributed by atoms with Gasteiger partial charge >= 0.3 is 0 Å². The third kappa shape index (κ3) is 3.92. The van der Waals surface area contributed by atoms with Crippen molar-refractivity contribution < 1.29 is 4.79 Å². The molecule has 3 rings (SSSR count). The molecule has 1 heterocycles. The molecule has 118 valence electrons. The molecule has 0 aliphatic heterocycles. The first-order chi connectivity index (χ1) is 11.1. The van der Waals surface area contributed by atoms with E-state index in [1.54, 1.807) is 11.3 Å². The summed E-state index contributed by atoms with van der Waals surface area (Å²) in [5.74, 6) is 0.417. The highest BCUT2D eigenvalue weighted by molar-refractivity contribution is 8.01. The molecule has 2 aromatic carbocycles. The van der Waals surface area contributed by atoms with Gasteiger partial charge in [-0.2, -0.15) is 0 Å². The van der Waals surface area contributed by atoms with Gasteiger partial charge in [0.15, 0.2) is 4.34 Å². The third-order valence-corrected chi connectivity index (χ3v) is 5.81. The second-order valence-corrected chi connectivity index (χ2v) is 7.64. The monoisotopic (exact) mass is 342 g/mol. The molecule has 0 bridgehead atoms. The first-order valence-electron chi connectivity index (χ1n) is 7.47. The van der Waals surface area contributed by atoms with Crippen LogP contribution in [0.2, 0.25) is 0 Å². The number of nitrogens with zero attached hydrogens (tertiary/aromatic N) is 1. The number of thiazole rings is 1. The minimum atomic E-state index is 0.0136. The van der Waals surface area contributed by atoms with E-state index in [0.717, 1.165) is 20.1 Å².